The maximum absolute atomic E-state index is 6.12. The number of alkyl halides is 2. The third-order valence-electron chi connectivity index (χ3n) is 1.69. The fourth-order valence-corrected chi connectivity index (χ4v) is 1.34. The number of hydrogen-bond donors (Lipinski definition) is 0. The summed E-state index contributed by atoms with van der Waals surface area (Å²) in [5.41, 5.74) is 0.840. The molecule has 0 heterocycles. The van der Waals surface area contributed by atoms with Crippen LogP contribution in [0, 0.1) is 0 Å². The second-order valence-electron chi connectivity index (χ2n) is 3.36. The molecule has 14 heavy (non-hydrogen) atoms. The van der Waals surface area contributed by atoms with Crippen molar-refractivity contribution in [1.82, 2.24) is 0 Å². The quantitative estimate of drug-likeness (QED) is 0.553. The normalized spacial score (nSPS) is 12.6. The van der Waals surface area contributed by atoms with Crippen LogP contribution in [0.2, 0.25) is 0 Å². The first kappa shape index (κ1) is 11.5. The van der Waals surface area contributed by atoms with Crippen LogP contribution < -0.4 is 0 Å². The number of benzene rings is 1. The standard InChI is InChI=1S/C11H13Cl2N/c1-9(2)14-8-11(12,13)10-6-4-3-5-7-10/h3-9H,1-2H3. The van der Waals surface area contributed by atoms with E-state index in [0.717, 1.165) is 5.56 Å². The van der Waals surface area contributed by atoms with Gasteiger partial charge in [0.25, 0.3) is 0 Å². The Morgan fingerprint density at radius 1 is 1.21 bits per heavy atom. The van der Waals surface area contributed by atoms with Gasteiger partial charge in [0, 0.05) is 12.3 Å². The van der Waals surface area contributed by atoms with Gasteiger partial charge >= 0.3 is 0 Å². The Bertz CT molecular complexity index is 304. The van der Waals surface area contributed by atoms with Crippen molar-refractivity contribution in [3.63, 3.8) is 0 Å². The first-order valence-corrected chi connectivity index (χ1v) is 5.25. The fraction of sp³-hybridized carbons (Fsp3) is 0.364. The monoisotopic (exact) mass is 229 g/mol. The molecule has 0 N–H and O–H groups in total. The summed E-state index contributed by atoms with van der Waals surface area (Å²) in [5.74, 6) is 0. The summed E-state index contributed by atoms with van der Waals surface area (Å²) in [6.07, 6.45) is 1.58. The van der Waals surface area contributed by atoms with Gasteiger partial charge in [-0.2, -0.15) is 0 Å². The molecule has 0 aliphatic carbocycles. The van der Waals surface area contributed by atoms with Crippen molar-refractivity contribution in [3.8, 4) is 0 Å². The predicted octanol–water partition coefficient (Wildman–Crippen LogP) is 3.80. The van der Waals surface area contributed by atoms with Crippen molar-refractivity contribution >= 4 is 29.4 Å². The van der Waals surface area contributed by atoms with Crippen LogP contribution in [0.4, 0.5) is 0 Å². The maximum Gasteiger partial charge on any atom is 0.177 e. The van der Waals surface area contributed by atoms with E-state index < -0.39 is 4.33 Å². The molecule has 0 spiro atoms. The molecule has 3 heteroatoms. The molecule has 0 radical (unpaired) electrons. The summed E-state index contributed by atoms with van der Waals surface area (Å²) in [5, 5.41) is 0. The lowest BCUT2D eigenvalue weighted by atomic mass is 10.1. The Morgan fingerprint density at radius 3 is 2.29 bits per heavy atom. The van der Waals surface area contributed by atoms with E-state index in [1.807, 2.05) is 44.2 Å². The predicted molar refractivity (Wildman–Crippen MR) is 63.5 cm³/mol. The number of halogens is 2. The van der Waals surface area contributed by atoms with Crippen LogP contribution in [-0.4, -0.2) is 12.3 Å². The minimum absolute atomic E-state index is 0.204. The Labute approximate surface area is 94.8 Å². The van der Waals surface area contributed by atoms with E-state index in [9.17, 15) is 0 Å². The largest absolute Gasteiger partial charge is 0.291 e. The molecule has 0 fully saturated rings. The Kier molecular flexibility index (Phi) is 3.97. The molecule has 0 unspecified atom stereocenters. The lowest BCUT2D eigenvalue weighted by Crippen LogP contribution is -2.12. The van der Waals surface area contributed by atoms with E-state index in [-0.39, 0.29) is 6.04 Å². The van der Waals surface area contributed by atoms with Crippen LogP contribution in [0.25, 0.3) is 0 Å². The van der Waals surface area contributed by atoms with Gasteiger partial charge in [-0.25, -0.2) is 0 Å². The number of aliphatic imine (C=N–C) groups is 1. The molecule has 0 saturated carbocycles. The summed E-state index contributed by atoms with van der Waals surface area (Å²) >= 11 is 12.2. The first-order valence-electron chi connectivity index (χ1n) is 4.50. The van der Waals surface area contributed by atoms with Gasteiger partial charge in [-0.05, 0) is 19.4 Å². The van der Waals surface area contributed by atoms with E-state index in [1.54, 1.807) is 6.21 Å². The van der Waals surface area contributed by atoms with Crippen molar-refractivity contribution in [2.75, 3.05) is 0 Å². The summed E-state index contributed by atoms with van der Waals surface area (Å²) in [7, 11) is 0. The Hall–Kier alpha value is -0.530. The topological polar surface area (TPSA) is 12.4 Å². The van der Waals surface area contributed by atoms with Crippen LogP contribution >= 0.6 is 23.2 Å². The van der Waals surface area contributed by atoms with Crippen LogP contribution in [-0.2, 0) is 4.33 Å². The molecule has 0 atom stereocenters. The molecule has 1 aromatic carbocycles. The molecule has 1 nitrogen and oxygen atoms in total. The molecule has 76 valence electrons. The smallest absolute Gasteiger partial charge is 0.177 e. The SMILES string of the molecule is CC(C)N=CC(Cl)(Cl)c1ccccc1. The van der Waals surface area contributed by atoms with Gasteiger partial charge < -0.3 is 0 Å². The van der Waals surface area contributed by atoms with E-state index in [0.29, 0.717) is 0 Å². The number of rotatable bonds is 3. The average Bonchev–Trinajstić information content (AvgIpc) is 2.16. The molecular weight excluding hydrogens is 217 g/mol. The minimum atomic E-state index is -1.02. The number of nitrogens with zero attached hydrogens (tertiary/aromatic N) is 1. The molecule has 0 bridgehead atoms. The lowest BCUT2D eigenvalue weighted by molar-refractivity contribution is 0.834. The van der Waals surface area contributed by atoms with Gasteiger partial charge in [-0.15, -0.1) is 0 Å². The minimum Gasteiger partial charge on any atom is -0.291 e. The van der Waals surface area contributed by atoms with Gasteiger partial charge in [0.1, 0.15) is 0 Å². The molecule has 0 aromatic heterocycles. The van der Waals surface area contributed by atoms with Gasteiger partial charge in [-0.3, -0.25) is 4.99 Å². The highest BCUT2D eigenvalue weighted by Gasteiger charge is 2.23. The maximum atomic E-state index is 6.12. The third kappa shape index (κ3) is 3.32. The zero-order chi connectivity index (χ0) is 10.6. The highest BCUT2D eigenvalue weighted by atomic mass is 35.5. The first-order chi connectivity index (χ1) is 6.52. The summed E-state index contributed by atoms with van der Waals surface area (Å²) < 4.78 is -1.02. The van der Waals surface area contributed by atoms with Gasteiger partial charge in [0.15, 0.2) is 4.33 Å². The Morgan fingerprint density at radius 2 is 1.79 bits per heavy atom. The van der Waals surface area contributed by atoms with Crippen LogP contribution in [0.1, 0.15) is 19.4 Å². The summed E-state index contributed by atoms with van der Waals surface area (Å²) in [4.78, 5) is 4.18. The second kappa shape index (κ2) is 4.81. The molecule has 0 saturated heterocycles. The van der Waals surface area contributed by atoms with Gasteiger partial charge in [0.2, 0.25) is 0 Å². The van der Waals surface area contributed by atoms with Crippen molar-refractivity contribution in [1.29, 1.82) is 0 Å². The van der Waals surface area contributed by atoms with Crippen molar-refractivity contribution in [2.45, 2.75) is 24.2 Å². The van der Waals surface area contributed by atoms with Gasteiger partial charge in [0.05, 0.1) is 0 Å². The van der Waals surface area contributed by atoms with Crippen molar-refractivity contribution in [2.24, 2.45) is 4.99 Å². The molecule has 0 aliphatic rings. The average molecular weight is 230 g/mol. The zero-order valence-electron chi connectivity index (χ0n) is 8.24. The van der Waals surface area contributed by atoms with E-state index >= 15 is 0 Å². The molecule has 0 aliphatic heterocycles. The fourth-order valence-electron chi connectivity index (χ4n) is 0.978. The van der Waals surface area contributed by atoms with Crippen molar-refractivity contribution in [3.05, 3.63) is 35.9 Å². The molecule has 1 aromatic rings. The van der Waals surface area contributed by atoms with E-state index in [2.05, 4.69) is 4.99 Å². The summed E-state index contributed by atoms with van der Waals surface area (Å²) in [6.45, 7) is 3.96. The highest BCUT2D eigenvalue weighted by molar-refractivity contribution is 6.55. The van der Waals surface area contributed by atoms with Crippen LogP contribution in [0.3, 0.4) is 0 Å². The second-order valence-corrected chi connectivity index (χ2v) is 4.75. The number of hydrogen-bond acceptors (Lipinski definition) is 1. The Balaban J connectivity index is 2.86. The highest BCUT2D eigenvalue weighted by Crippen LogP contribution is 2.31. The van der Waals surface area contributed by atoms with Crippen molar-refractivity contribution < 1.29 is 0 Å². The lowest BCUT2D eigenvalue weighted by Gasteiger charge is -2.14. The van der Waals surface area contributed by atoms with Gasteiger partial charge in [-0.1, -0.05) is 53.5 Å². The van der Waals surface area contributed by atoms with Crippen LogP contribution in [0.15, 0.2) is 35.3 Å². The van der Waals surface area contributed by atoms with E-state index in [1.165, 1.54) is 0 Å². The van der Waals surface area contributed by atoms with E-state index in [4.69, 9.17) is 23.2 Å². The molecular formula is C11H13Cl2N. The summed E-state index contributed by atoms with van der Waals surface area (Å²) in [6, 6.07) is 9.69. The zero-order valence-corrected chi connectivity index (χ0v) is 9.76. The third-order valence-corrected chi connectivity index (χ3v) is 2.33. The van der Waals surface area contributed by atoms with Crippen LogP contribution in [0.5, 0.6) is 0 Å². The molecule has 0 amide bonds. The molecule has 1 rings (SSSR count).